The second-order valence-electron chi connectivity index (χ2n) is 6.41. The van der Waals surface area contributed by atoms with Gasteiger partial charge < -0.3 is 24.2 Å². The number of methoxy groups -OCH3 is 2. The zero-order valence-electron chi connectivity index (χ0n) is 14.1. The summed E-state index contributed by atoms with van der Waals surface area (Å²) in [6.07, 6.45) is 0. The van der Waals surface area contributed by atoms with Gasteiger partial charge in [0.2, 0.25) is 0 Å². The van der Waals surface area contributed by atoms with Gasteiger partial charge in [-0.15, -0.1) is 0 Å². The van der Waals surface area contributed by atoms with Gasteiger partial charge in [-0.3, -0.25) is 0 Å². The quantitative estimate of drug-likeness (QED) is 0.798. The summed E-state index contributed by atoms with van der Waals surface area (Å²) in [5, 5.41) is 11.1. The maximum atomic E-state index is 10.2. The first kappa shape index (κ1) is 16.7. The molecule has 0 aliphatic heterocycles. The number of hydrogen-bond donors (Lipinski definition) is 2. The Morgan fingerprint density at radius 1 is 1.05 bits per heavy atom. The van der Waals surface area contributed by atoms with Gasteiger partial charge in [0.25, 0.3) is 0 Å². The molecule has 0 unspecified atom stereocenters. The Kier molecular flexibility index (Phi) is 4.45. The summed E-state index contributed by atoms with van der Waals surface area (Å²) in [6, 6.07) is 5.72. The van der Waals surface area contributed by atoms with E-state index < -0.39 is 11.2 Å². The predicted octanol–water partition coefficient (Wildman–Crippen LogP) is 1.73. The van der Waals surface area contributed by atoms with Gasteiger partial charge in [-0.1, -0.05) is 0 Å². The number of fused-ring (bicyclic) bond motifs is 1. The number of aliphatic hydroxyl groups is 1. The molecule has 0 amide bonds. The highest BCUT2D eigenvalue weighted by Gasteiger charge is 2.35. The molecule has 0 saturated carbocycles. The molecule has 1 aromatic carbocycles. The molecule has 5 nitrogen and oxygen atoms in total. The highest BCUT2D eigenvalue weighted by Crippen LogP contribution is 2.31. The van der Waals surface area contributed by atoms with E-state index in [1.54, 1.807) is 28.1 Å². The van der Waals surface area contributed by atoms with Crippen molar-refractivity contribution >= 4 is 24.0 Å². The largest absolute Gasteiger partial charge is 0.496 e. The summed E-state index contributed by atoms with van der Waals surface area (Å²) in [5.41, 5.74) is 0.170. The maximum absolute atomic E-state index is 10.2. The third-order valence-corrected chi connectivity index (χ3v) is 4.27. The number of rotatable bonds is 6. The summed E-state index contributed by atoms with van der Waals surface area (Å²) in [6.45, 7) is 7.22. The van der Waals surface area contributed by atoms with Crippen LogP contribution in [-0.2, 0) is 4.65 Å². The Morgan fingerprint density at radius 2 is 1.64 bits per heavy atom. The normalized spacial score (nSPS) is 12.5. The molecule has 2 aromatic rings. The molecule has 2 N–H and O–H groups in total. The molecule has 0 atom stereocenters. The fourth-order valence-electron chi connectivity index (χ4n) is 2.08. The molecule has 0 fully saturated rings. The first-order valence-corrected chi connectivity index (χ1v) is 7.28. The van der Waals surface area contributed by atoms with Crippen molar-refractivity contribution in [1.29, 1.82) is 0 Å². The zero-order chi connectivity index (χ0) is 16.5. The molecular formula is C16H24BNO4. The Balaban J connectivity index is 2.30. The summed E-state index contributed by atoms with van der Waals surface area (Å²) in [4.78, 5) is 3.30. The first-order chi connectivity index (χ1) is 10.2. The third-order valence-electron chi connectivity index (χ3n) is 4.27. The van der Waals surface area contributed by atoms with Crippen LogP contribution in [0, 0.1) is 0 Å². The summed E-state index contributed by atoms with van der Waals surface area (Å²) >= 11 is 0. The fraction of sp³-hybridized carbons (Fsp3) is 0.500. The van der Waals surface area contributed by atoms with Crippen LogP contribution in [0.3, 0.4) is 0 Å². The molecule has 0 radical (unpaired) electrons. The van der Waals surface area contributed by atoms with E-state index in [-0.39, 0.29) is 0 Å². The lowest BCUT2D eigenvalue weighted by molar-refractivity contribution is -0.0893. The van der Waals surface area contributed by atoms with Crippen molar-refractivity contribution in [3.63, 3.8) is 0 Å². The Labute approximate surface area is 131 Å². The zero-order valence-corrected chi connectivity index (χ0v) is 14.1. The van der Waals surface area contributed by atoms with Gasteiger partial charge in [0.05, 0.1) is 30.9 Å². The van der Waals surface area contributed by atoms with Crippen LogP contribution in [0.15, 0.2) is 18.2 Å². The summed E-state index contributed by atoms with van der Waals surface area (Å²) < 4.78 is 16.6. The van der Waals surface area contributed by atoms with Crippen LogP contribution in [0.25, 0.3) is 10.9 Å². The van der Waals surface area contributed by atoms with E-state index in [9.17, 15) is 5.11 Å². The monoisotopic (exact) mass is 305 g/mol. The Hall–Kier alpha value is -1.66. The summed E-state index contributed by atoms with van der Waals surface area (Å²) in [7, 11) is 3.63. The molecular weight excluding hydrogens is 281 g/mol. The second-order valence-corrected chi connectivity index (χ2v) is 6.41. The molecule has 0 saturated heterocycles. The number of ether oxygens (including phenoxy) is 2. The van der Waals surface area contributed by atoms with E-state index in [1.165, 1.54) is 0 Å². The number of hydrogen-bond acceptors (Lipinski definition) is 4. The van der Waals surface area contributed by atoms with E-state index in [4.69, 9.17) is 14.1 Å². The molecule has 1 aromatic heterocycles. The Morgan fingerprint density at radius 3 is 2.18 bits per heavy atom. The standard InChI is InChI=1S/C16H24BNO4/c1-15(2,19)16(3,4)22-17-13-9-10-11(20-5)7-8-12(21-6)14(10)18-13/h7-9,17-19H,1-6H3. The van der Waals surface area contributed by atoms with Crippen molar-refractivity contribution in [3.05, 3.63) is 18.2 Å². The second kappa shape index (κ2) is 5.86. The van der Waals surface area contributed by atoms with E-state index in [1.807, 2.05) is 32.0 Å². The number of nitrogens with one attached hydrogen (secondary N) is 1. The van der Waals surface area contributed by atoms with E-state index in [0.29, 0.717) is 7.48 Å². The van der Waals surface area contributed by atoms with E-state index >= 15 is 0 Å². The van der Waals surface area contributed by atoms with E-state index in [2.05, 4.69) is 4.98 Å². The van der Waals surface area contributed by atoms with Crippen LogP contribution in [0.2, 0.25) is 0 Å². The highest BCUT2D eigenvalue weighted by atomic mass is 16.5. The minimum atomic E-state index is -0.936. The maximum Gasteiger partial charge on any atom is 0.326 e. The van der Waals surface area contributed by atoms with Crippen LogP contribution in [0.1, 0.15) is 27.7 Å². The molecule has 22 heavy (non-hydrogen) atoms. The number of aromatic nitrogens is 1. The highest BCUT2D eigenvalue weighted by molar-refractivity contribution is 6.46. The minimum Gasteiger partial charge on any atom is -0.496 e. The van der Waals surface area contributed by atoms with Crippen LogP contribution >= 0.6 is 0 Å². The average molecular weight is 305 g/mol. The van der Waals surface area contributed by atoms with E-state index in [0.717, 1.165) is 28.0 Å². The van der Waals surface area contributed by atoms with Crippen LogP contribution < -0.4 is 15.1 Å². The van der Waals surface area contributed by atoms with Crippen LogP contribution in [0.4, 0.5) is 0 Å². The average Bonchev–Trinajstić information content (AvgIpc) is 2.87. The van der Waals surface area contributed by atoms with Crippen LogP contribution in [0.5, 0.6) is 11.5 Å². The molecule has 6 heteroatoms. The lowest BCUT2D eigenvalue weighted by atomic mass is 9.85. The number of benzene rings is 1. The lowest BCUT2D eigenvalue weighted by Crippen LogP contribution is -2.49. The van der Waals surface area contributed by atoms with Crippen molar-refractivity contribution in [3.8, 4) is 11.5 Å². The molecule has 120 valence electrons. The van der Waals surface area contributed by atoms with Crippen molar-refractivity contribution in [2.45, 2.75) is 38.9 Å². The van der Waals surface area contributed by atoms with Crippen molar-refractivity contribution in [2.24, 2.45) is 0 Å². The minimum absolute atomic E-state index is 0.359. The molecule has 0 aliphatic rings. The fourth-order valence-corrected chi connectivity index (χ4v) is 2.08. The predicted molar refractivity (Wildman–Crippen MR) is 89.6 cm³/mol. The van der Waals surface area contributed by atoms with Gasteiger partial charge in [-0.2, -0.15) is 0 Å². The topological polar surface area (TPSA) is 63.7 Å². The number of H-pyrrole nitrogens is 1. The molecule has 0 aliphatic carbocycles. The van der Waals surface area contributed by atoms with Crippen molar-refractivity contribution in [2.75, 3.05) is 14.2 Å². The van der Waals surface area contributed by atoms with Gasteiger partial charge in [0, 0.05) is 11.0 Å². The van der Waals surface area contributed by atoms with Crippen molar-refractivity contribution < 1.29 is 19.2 Å². The Bertz CT molecular complexity index is 617. The molecule has 0 bridgehead atoms. The lowest BCUT2D eigenvalue weighted by Gasteiger charge is -2.37. The molecule has 1 heterocycles. The smallest absolute Gasteiger partial charge is 0.326 e. The van der Waals surface area contributed by atoms with Crippen LogP contribution in [-0.4, -0.2) is 43.0 Å². The van der Waals surface area contributed by atoms with Gasteiger partial charge in [0.15, 0.2) is 0 Å². The van der Waals surface area contributed by atoms with Gasteiger partial charge in [-0.25, -0.2) is 0 Å². The first-order valence-electron chi connectivity index (χ1n) is 7.28. The third kappa shape index (κ3) is 3.08. The van der Waals surface area contributed by atoms with Crippen molar-refractivity contribution in [1.82, 2.24) is 4.98 Å². The summed E-state index contributed by atoms with van der Waals surface area (Å²) in [5.74, 6) is 1.53. The van der Waals surface area contributed by atoms with Gasteiger partial charge >= 0.3 is 7.48 Å². The van der Waals surface area contributed by atoms with Gasteiger partial charge in [-0.05, 0) is 45.9 Å². The molecule has 0 spiro atoms. The van der Waals surface area contributed by atoms with Gasteiger partial charge in [0.1, 0.15) is 11.5 Å². The molecule has 2 rings (SSSR count). The SMILES string of the molecule is COc1ccc(OC)c2[nH]c(BOC(C)(C)C(C)(C)O)cc12. The number of aromatic amines is 1.